The summed E-state index contributed by atoms with van der Waals surface area (Å²) in [6, 6.07) is 17.8. The number of ether oxygens (including phenoxy) is 2. The van der Waals surface area contributed by atoms with Gasteiger partial charge in [0.2, 0.25) is 5.91 Å². The molecule has 39 heavy (non-hydrogen) atoms. The Hall–Kier alpha value is -3.57. The third-order valence-corrected chi connectivity index (χ3v) is 7.86. The lowest BCUT2D eigenvalue weighted by atomic mass is 9.87. The number of carbonyl (C=O) groups excluding carboxylic acids is 1. The zero-order valence-corrected chi connectivity index (χ0v) is 22.4. The average molecular weight is 566 g/mol. The van der Waals surface area contributed by atoms with E-state index in [0.717, 1.165) is 29.7 Å². The fraction of sp³-hybridized carbons (Fsp3) is 0.321. The first-order chi connectivity index (χ1) is 18.3. The van der Waals surface area contributed by atoms with Crippen LogP contribution < -0.4 is 15.0 Å². The smallest absolute Gasteiger partial charge is 0.457 e. The Bertz CT molecular complexity index is 1340. The number of alkyl halides is 3. The second kappa shape index (κ2) is 12.5. The Morgan fingerprint density at radius 1 is 0.872 bits per heavy atom. The Labute approximate surface area is 225 Å². The maximum Gasteiger partial charge on any atom is 0.573 e. The third-order valence-electron chi connectivity index (χ3n) is 6.07. The summed E-state index contributed by atoms with van der Waals surface area (Å²) in [5, 5.41) is 9.29. The predicted molar refractivity (Wildman–Crippen MR) is 139 cm³/mol. The van der Waals surface area contributed by atoms with Crippen molar-refractivity contribution in [2.45, 2.75) is 44.4 Å². The Morgan fingerprint density at radius 2 is 1.38 bits per heavy atom. The van der Waals surface area contributed by atoms with E-state index in [9.17, 15) is 31.6 Å². The molecule has 0 aliphatic heterocycles. The van der Waals surface area contributed by atoms with Crippen molar-refractivity contribution in [3.05, 3.63) is 83.9 Å². The molecule has 0 aliphatic rings. The molecular weight excluding hydrogens is 535 g/mol. The molecule has 2 N–H and O–H groups in total. The number of halogens is 3. The molecule has 0 saturated carbocycles. The molecule has 0 saturated heterocycles. The van der Waals surface area contributed by atoms with Crippen LogP contribution in [0.1, 0.15) is 37.8 Å². The molecule has 1 amide bonds. The van der Waals surface area contributed by atoms with Gasteiger partial charge in [-0.3, -0.25) is 10.0 Å². The molecule has 0 bridgehead atoms. The lowest BCUT2D eigenvalue weighted by Gasteiger charge is -2.23. The number of hydrogen-bond donors (Lipinski definition) is 2. The molecule has 7 nitrogen and oxygen atoms in total. The summed E-state index contributed by atoms with van der Waals surface area (Å²) < 4.78 is 72.7. The molecule has 11 heteroatoms. The fourth-order valence-corrected chi connectivity index (χ4v) is 5.74. The average Bonchev–Trinajstić information content (AvgIpc) is 2.87. The topological polar surface area (TPSA) is 102 Å². The molecular formula is C28H30F3NO6S. The van der Waals surface area contributed by atoms with Crippen LogP contribution in [0.5, 0.6) is 17.2 Å². The van der Waals surface area contributed by atoms with Gasteiger partial charge in [0.25, 0.3) is 0 Å². The van der Waals surface area contributed by atoms with Crippen molar-refractivity contribution in [1.29, 1.82) is 0 Å². The van der Waals surface area contributed by atoms with Crippen LogP contribution in [-0.4, -0.2) is 31.6 Å². The predicted octanol–water partition coefficient (Wildman–Crippen LogP) is 6.28. The van der Waals surface area contributed by atoms with E-state index in [1.54, 1.807) is 12.4 Å². The number of nitrogens with one attached hydrogen (secondary N) is 1. The van der Waals surface area contributed by atoms with Crippen molar-refractivity contribution in [3.63, 3.8) is 0 Å². The number of amides is 1. The van der Waals surface area contributed by atoms with Gasteiger partial charge in [-0.05, 0) is 77.9 Å². The molecule has 0 heterocycles. The van der Waals surface area contributed by atoms with Crippen LogP contribution in [0.25, 0.3) is 0 Å². The van der Waals surface area contributed by atoms with Gasteiger partial charge in [0.05, 0.1) is 16.6 Å². The maximum absolute atomic E-state index is 13.2. The van der Waals surface area contributed by atoms with E-state index < -0.39 is 45.4 Å². The van der Waals surface area contributed by atoms with E-state index in [0.29, 0.717) is 5.92 Å². The van der Waals surface area contributed by atoms with Crippen molar-refractivity contribution >= 4 is 15.7 Å². The molecule has 210 valence electrons. The van der Waals surface area contributed by atoms with E-state index in [2.05, 4.69) is 18.6 Å². The Morgan fingerprint density at radius 3 is 1.87 bits per heavy atom. The van der Waals surface area contributed by atoms with Gasteiger partial charge in [-0.15, -0.1) is 13.2 Å². The zero-order valence-electron chi connectivity index (χ0n) is 21.6. The standard InChI is InChI=1S/C28H30F3NO6S/c1-18(2)16-20-4-6-21(7-5-20)19(3)26(27(33)32-34)17-39(35,36)25-14-12-23(13-15-25)37-22-8-10-24(11-9-22)38-28(29,30)31/h4-15,18-19,26,34H,16-17H2,1-3H3,(H,32,33)/t19-,26+/m1/s1. The van der Waals surface area contributed by atoms with Gasteiger partial charge in [0.15, 0.2) is 9.84 Å². The van der Waals surface area contributed by atoms with Crippen molar-refractivity contribution in [2.75, 3.05) is 5.75 Å². The Balaban J connectivity index is 1.72. The summed E-state index contributed by atoms with van der Waals surface area (Å²) in [6.45, 7) is 5.95. The highest BCUT2D eigenvalue weighted by molar-refractivity contribution is 7.91. The van der Waals surface area contributed by atoms with Gasteiger partial charge in [0.1, 0.15) is 17.2 Å². The van der Waals surface area contributed by atoms with Gasteiger partial charge in [-0.2, -0.15) is 0 Å². The minimum atomic E-state index is -4.81. The van der Waals surface area contributed by atoms with E-state index >= 15 is 0 Å². The van der Waals surface area contributed by atoms with Crippen LogP contribution in [0.2, 0.25) is 0 Å². The van der Waals surface area contributed by atoms with Crippen LogP contribution >= 0.6 is 0 Å². The molecule has 3 aromatic carbocycles. The summed E-state index contributed by atoms with van der Waals surface area (Å²) in [7, 11) is -3.95. The van der Waals surface area contributed by atoms with Crippen LogP contribution in [0.15, 0.2) is 77.7 Å². The van der Waals surface area contributed by atoms with E-state index in [1.165, 1.54) is 36.4 Å². The number of rotatable bonds is 11. The molecule has 3 rings (SSSR count). The number of hydrogen-bond acceptors (Lipinski definition) is 6. The fourth-order valence-electron chi connectivity index (χ4n) is 4.08. The van der Waals surface area contributed by atoms with Crippen LogP contribution in [0, 0.1) is 11.8 Å². The molecule has 0 radical (unpaired) electrons. The lowest BCUT2D eigenvalue weighted by Crippen LogP contribution is -2.36. The minimum absolute atomic E-state index is 0.0565. The maximum atomic E-state index is 13.2. The van der Waals surface area contributed by atoms with Crippen molar-refractivity contribution < 1.29 is 41.1 Å². The lowest BCUT2D eigenvalue weighted by molar-refractivity contribution is -0.274. The van der Waals surface area contributed by atoms with E-state index in [4.69, 9.17) is 4.74 Å². The normalized spacial score (nSPS) is 13.5. The van der Waals surface area contributed by atoms with E-state index in [-0.39, 0.29) is 16.4 Å². The first kappa shape index (κ1) is 30.0. The number of benzene rings is 3. The third kappa shape index (κ3) is 8.72. The summed E-state index contributed by atoms with van der Waals surface area (Å²) in [4.78, 5) is 12.4. The number of sulfone groups is 1. The zero-order chi connectivity index (χ0) is 28.8. The summed E-state index contributed by atoms with van der Waals surface area (Å²) in [5.41, 5.74) is 3.48. The highest BCUT2D eigenvalue weighted by Gasteiger charge is 2.33. The monoisotopic (exact) mass is 565 g/mol. The number of carbonyl (C=O) groups is 1. The van der Waals surface area contributed by atoms with E-state index in [1.807, 2.05) is 24.3 Å². The molecule has 0 spiro atoms. The van der Waals surface area contributed by atoms with Crippen molar-refractivity contribution in [3.8, 4) is 17.2 Å². The summed E-state index contributed by atoms with van der Waals surface area (Å²) >= 11 is 0. The molecule has 0 fully saturated rings. The quantitative estimate of drug-likeness (QED) is 0.210. The minimum Gasteiger partial charge on any atom is -0.457 e. The van der Waals surface area contributed by atoms with Gasteiger partial charge < -0.3 is 9.47 Å². The SMILES string of the molecule is CC(C)Cc1ccc([C@@H](C)[C@H](CS(=O)(=O)c2ccc(Oc3ccc(OC(F)(F)F)cc3)cc2)C(=O)NO)cc1. The summed E-state index contributed by atoms with van der Waals surface area (Å²) in [6.07, 6.45) is -3.92. The largest absolute Gasteiger partial charge is 0.573 e. The second-order valence-electron chi connectivity index (χ2n) is 9.58. The Kier molecular flexibility index (Phi) is 9.63. The second-order valence-corrected chi connectivity index (χ2v) is 11.6. The van der Waals surface area contributed by atoms with Gasteiger partial charge in [0, 0.05) is 0 Å². The molecule has 3 aromatic rings. The van der Waals surface area contributed by atoms with Gasteiger partial charge in [-0.1, -0.05) is 45.0 Å². The first-order valence-electron chi connectivity index (χ1n) is 12.2. The van der Waals surface area contributed by atoms with Crippen LogP contribution in [0.4, 0.5) is 13.2 Å². The molecule has 0 aliphatic carbocycles. The molecule has 0 unspecified atom stereocenters. The highest BCUT2D eigenvalue weighted by Crippen LogP contribution is 2.31. The van der Waals surface area contributed by atoms with Crippen molar-refractivity contribution in [1.82, 2.24) is 5.48 Å². The van der Waals surface area contributed by atoms with Gasteiger partial charge in [-0.25, -0.2) is 13.9 Å². The molecule has 2 atom stereocenters. The molecule has 0 aromatic heterocycles. The first-order valence-corrected chi connectivity index (χ1v) is 13.8. The number of hydroxylamine groups is 1. The van der Waals surface area contributed by atoms with Gasteiger partial charge >= 0.3 is 6.36 Å². The summed E-state index contributed by atoms with van der Waals surface area (Å²) in [5.74, 6) is -2.40. The van der Waals surface area contributed by atoms with Crippen LogP contribution in [-0.2, 0) is 21.1 Å². The van der Waals surface area contributed by atoms with Crippen LogP contribution in [0.3, 0.4) is 0 Å². The van der Waals surface area contributed by atoms with Crippen molar-refractivity contribution in [2.24, 2.45) is 11.8 Å². The highest BCUT2D eigenvalue weighted by atomic mass is 32.2.